The largest absolute Gasteiger partial charge is 2.00 e. The van der Waals surface area contributed by atoms with E-state index in [2.05, 4.69) is 107 Å². The minimum Gasteiger partial charge on any atom is -0.870 e. The molecule has 4 aromatic heterocycles. The molecular weight excluding hydrogens is 1320 g/mol. The maximum Gasteiger partial charge on any atom is 2.00 e. The standard InChI is InChI=1S/C46H44N6O2.2C2H3N.2Cd.3ClHO4.3H2O/c1-5-13-43-35(9-1)17-21-39(47-43)31-51(32-40-22-18-36-10-2-6-14-44(36)48-40)25-27-53-29-30-54-28-26-52(33-41-23-19-37-11-3-7-15-45(37)49-41)34-42-24-20-38-12-4-8-16-46(38)50-42;2*1-2-3;;;3*2-1(3,4)5;;;/h1-24H,25-34H2;2*1H3;;;3*(H,2,3,4,5);3*1H2/q;;;2*+2;;;;;;/p-2. The van der Waals surface area contributed by atoms with Gasteiger partial charge in [-0.3, -0.25) is 29.7 Å². The van der Waals surface area contributed by atoms with E-state index in [4.69, 9.17) is 95.8 Å². The van der Waals surface area contributed by atoms with Crippen molar-refractivity contribution < 1.29 is 167 Å². The van der Waals surface area contributed by atoms with Gasteiger partial charge in [-0.15, -0.1) is 30.7 Å². The van der Waals surface area contributed by atoms with E-state index < -0.39 is 30.7 Å². The zero-order valence-corrected chi connectivity index (χ0v) is 53.7. The van der Waals surface area contributed by atoms with Crippen LogP contribution in [0.3, 0.4) is 0 Å². The van der Waals surface area contributed by atoms with Gasteiger partial charge in [-0.2, -0.15) is 10.5 Å². The Morgan fingerprint density at radius 3 is 0.762 bits per heavy atom. The Morgan fingerprint density at radius 1 is 0.375 bits per heavy atom. The van der Waals surface area contributed by atoms with Crippen LogP contribution in [-0.4, -0.2) is 74.7 Å². The van der Waals surface area contributed by atoms with Crippen molar-refractivity contribution in [2.75, 3.05) is 39.5 Å². The third kappa shape index (κ3) is 36.7. The third-order valence-corrected chi connectivity index (χ3v) is 9.64. The van der Waals surface area contributed by atoms with Crippen molar-refractivity contribution in [1.29, 1.82) is 10.5 Å². The van der Waals surface area contributed by atoms with E-state index in [9.17, 15) is 0 Å². The number of hydrogen-bond donors (Lipinski definition) is 0. The second kappa shape index (κ2) is 42.3. The summed E-state index contributed by atoms with van der Waals surface area (Å²) in [6, 6.07) is 53.6. The van der Waals surface area contributed by atoms with E-state index in [1.807, 2.05) is 48.5 Å². The molecule has 0 spiro atoms. The number of benzene rings is 4. The van der Waals surface area contributed by atoms with Gasteiger partial charge < -0.3 is 25.9 Å². The van der Waals surface area contributed by atoms with E-state index in [0.29, 0.717) is 52.6 Å². The summed E-state index contributed by atoms with van der Waals surface area (Å²) < 4.78 is 114. The normalized spacial score (nSPS) is 10.4. The van der Waals surface area contributed by atoms with Gasteiger partial charge >= 0.3 is 54.6 Å². The van der Waals surface area contributed by atoms with Gasteiger partial charge in [-0.1, -0.05) is 97.1 Å². The number of hydrogen-bond acceptors (Lipinski definition) is 23. The molecule has 30 heteroatoms. The average molecular weight is 1370 g/mol. The summed E-state index contributed by atoms with van der Waals surface area (Å²) >= 11 is 0. The summed E-state index contributed by atoms with van der Waals surface area (Å²) in [5, 5.41) is 19.2. The van der Waals surface area contributed by atoms with Crippen LogP contribution in [0.2, 0.25) is 0 Å². The summed E-state index contributed by atoms with van der Waals surface area (Å²) in [7, 11) is -14.8. The van der Waals surface area contributed by atoms with Crippen LogP contribution in [0, 0.1) is 53.4 Å². The first-order valence-corrected chi connectivity index (χ1v) is 25.7. The molecular formula is C50H57Cd2Cl3N8O17+2. The first kappa shape index (κ1) is 79.7. The summed E-state index contributed by atoms with van der Waals surface area (Å²) in [5.41, 5.74) is 8.14. The zero-order valence-electron chi connectivity index (χ0n) is 43.4. The topological polar surface area (TPSA) is 497 Å². The minimum atomic E-state index is -4.94. The maximum atomic E-state index is 8.49. The molecule has 7 N–H and O–H groups in total. The van der Waals surface area contributed by atoms with Crippen molar-refractivity contribution >= 4 is 43.6 Å². The molecule has 422 valence electrons. The minimum absolute atomic E-state index is 0. The van der Waals surface area contributed by atoms with Gasteiger partial charge in [-0.25, -0.2) is 55.9 Å². The number of halogens is 3. The Kier molecular flexibility index (Phi) is 42.1. The van der Waals surface area contributed by atoms with Crippen LogP contribution in [-0.2, 0) is 101 Å². The quantitative estimate of drug-likeness (QED) is 0.0464. The molecule has 0 bridgehead atoms. The Morgan fingerprint density at radius 2 is 0.562 bits per heavy atom. The molecule has 0 amide bonds. The summed E-state index contributed by atoms with van der Waals surface area (Å²) in [4.78, 5) is 24.5. The molecule has 0 aliphatic carbocycles. The maximum absolute atomic E-state index is 8.49. The number of nitrogens with zero attached hydrogens (tertiary/aromatic N) is 8. The van der Waals surface area contributed by atoms with Crippen molar-refractivity contribution in [1.82, 2.24) is 29.7 Å². The molecule has 8 aromatic rings. The third-order valence-electron chi connectivity index (χ3n) is 9.64. The molecule has 0 fully saturated rings. The number of ether oxygens (including phenoxy) is 2. The van der Waals surface area contributed by atoms with Crippen molar-refractivity contribution in [3.63, 3.8) is 0 Å². The molecule has 80 heavy (non-hydrogen) atoms. The van der Waals surface area contributed by atoms with Crippen LogP contribution >= 0.6 is 0 Å². The monoisotopic (exact) mass is 1370 g/mol. The van der Waals surface area contributed by atoms with E-state index >= 15 is 0 Å². The Balaban J connectivity index is -0.00000197. The predicted molar refractivity (Wildman–Crippen MR) is 251 cm³/mol. The molecule has 4 aromatic carbocycles. The molecule has 25 nitrogen and oxygen atoms in total. The number of rotatable bonds is 17. The van der Waals surface area contributed by atoms with Gasteiger partial charge in [-0.05, 0) is 48.5 Å². The zero-order chi connectivity index (χ0) is 55.3. The first-order chi connectivity index (χ1) is 35.5. The van der Waals surface area contributed by atoms with Crippen LogP contribution in [0.5, 0.6) is 0 Å². The van der Waals surface area contributed by atoms with Crippen molar-refractivity contribution in [2.45, 2.75) is 40.0 Å². The van der Waals surface area contributed by atoms with Gasteiger partial charge in [0.1, 0.15) is 0 Å². The van der Waals surface area contributed by atoms with Crippen molar-refractivity contribution in [3.05, 3.63) is 168 Å². The SMILES string of the molecule is CC#N.CC#N.[Cd+2].[Cd+2].[O-][Cl+3]([O-])([O-])[O-].[O-][Cl+3]([O-])([O-])[O-].[O-][Cl+3]([O-])([O-])[O-].[OH-].[OH3+].[OH3+].c1ccc2nc(CN(CCOCCOCCN(Cc3ccc4ccccc4n3)Cc3ccc4ccccc4n3)Cc3ccc4ccccc4n3)ccc2c1. The van der Waals surface area contributed by atoms with Crippen LogP contribution in [0.25, 0.3) is 43.6 Å². The Labute approximate surface area is 507 Å². The van der Waals surface area contributed by atoms with Gasteiger partial charge in [0.25, 0.3) is 0 Å². The summed E-state index contributed by atoms with van der Waals surface area (Å²) in [5.74, 6) is 0. The average Bonchev–Trinajstić information content (AvgIpc) is 3.33. The van der Waals surface area contributed by atoms with E-state index in [1.165, 1.54) is 13.8 Å². The van der Waals surface area contributed by atoms with Gasteiger partial charge in [0.05, 0.1) is 83.4 Å². The number of para-hydroxylation sites is 4. The van der Waals surface area contributed by atoms with E-state index in [1.54, 1.807) is 12.1 Å². The fourth-order valence-electron chi connectivity index (χ4n) is 6.84. The molecule has 8 rings (SSSR count). The molecule has 0 atom stereocenters. The molecule has 0 radical (unpaired) electrons. The van der Waals surface area contributed by atoms with Crippen molar-refractivity contribution in [3.8, 4) is 12.1 Å². The van der Waals surface area contributed by atoms with Crippen LogP contribution in [0.4, 0.5) is 0 Å². The van der Waals surface area contributed by atoms with E-state index in [0.717, 1.165) is 79.5 Å². The van der Waals surface area contributed by atoms with Crippen LogP contribution in [0.1, 0.15) is 36.6 Å². The fraction of sp³-hybridized carbons (Fsp3) is 0.240. The molecule has 0 unspecified atom stereocenters. The molecule has 0 aliphatic rings. The number of pyridine rings is 4. The van der Waals surface area contributed by atoms with E-state index in [-0.39, 0.29) is 71.0 Å². The van der Waals surface area contributed by atoms with Crippen molar-refractivity contribution in [2.24, 2.45) is 0 Å². The predicted octanol–water partition coefficient (Wildman–Crippen LogP) is -6.62. The summed E-state index contributed by atoms with van der Waals surface area (Å²) in [6.07, 6.45) is 0. The molecule has 0 saturated carbocycles. The molecule has 0 saturated heterocycles. The smallest absolute Gasteiger partial charge is 0.870 e. The number of fused-ring (bicyclic) bond motifs is 4. The Bertz CT molecular complexity index is 2650. The van der Waals surface area contributed by atoms with Crippen LogP contribution in [0.15, 0.2) is 146 Å². The van der Waals surface area contributed by atoms with Gasteiger partial charge in [0.2, 0.25) is 0 Å². The van der Waals surface area contributed by atoms with Crippen LogP contribution < -0.4 is 55.9 Å². The van der Waals surface area contributed by atoms with Gasteiger partial charge in [0.15, 0.2) is 0 Å². The second-order valence-electron chi connectivity index (χ2n) is 15.2. The van der Waals surface area contributed by atoms with Gasteiger partial charge in [0, 0.05) is 74.7 Å². The summed E-state index contributed by atoms with van der Waals surface area (Å²) in [6.45, 7) is 9.36. The first-order valence-electron chi connectivity index (χ1n) is 22.0. The second-order valence-corrected chi connectivity index (χ2v) is 17.5. The number of nitriles is 2. The Hall–Kier alpha value is -4.55. The number of aromatic nitrogens is 4. The fourth-order valence-corrected chi connectivity index (χ4v) is 6.84. The molecule has 0 aliphatic heterocycles. The molecule has 4 heterocycles.